The first-order chi connectivity index (χ1) is 16.1. The summed E-state index contributed by atoms with van der Waals surface area (Å²) in [5, 5.41) is 3.18. The Balaban J connectivity index is 1.81. The van der Waals surface area contributed by atoms with Crippen LogP contribution in [0.4, 0.5) is 5.69 Å². The van der Waals surface area contributed by atoms with E-state index in [4.69, 9.17) is 4.74 Å². The van der Waals surface area contributed by atoms with Crippen LogP contribution in [0, 0.1) is 13.8 Å². The number of hydrogen-bond donors (Lipinski definition) is 1. The average Bonchev–Trinajstić information content (AvgIpc) is 2.81. The molecule has 3 aromatic carbocycles. The van der Waals surface area contributed by atoms with Crippen molar-refractivity contribution in [1.29, 1.82) is 0 Å². The third kappa shape index (κ3) is 6.17. The standard InChI is InChI=1S/C27H32N2O4S/c1-6-25(33-23-15-13-22(14-16-23)29(4)34(5,31)32)27(30)28-26(21-10-8-7-9-11-21)24-17-12-19(2)18-20(24)3/h7-18,25-26H,6H2,1-5H3,(H,28,30)/t25-,26+/m0/s1. The first-order valence-electron chi connectivity index (χ1n) is 11.2. The zero-order valence-electron chi connectivity index (χ0n) is 20.3. The quantitative estimate of drug-likeness (QED) is 0.479. The summed E-state index contributed by atoms with van der Waals surface area (Å²) >= 11 is 0. The normalized spacial score (nSPS) is 13.1. The maximum Gasteiger partial charge on any atom is 0.261 e. The van der Waals surface area contributed by atoms with E-state index in [1.165, 1.54) is 16.9 Å². The Morgan fingerprint density at radius 1 is 1.00 bits per heavy atom. The van der Waals surface area contributed by atoms with Crippen molar-refractivity contribution in [2.75, 3.05) is 17.6 Å². The largest absolute Gasteiger partial charge is 0.481 e. The van der Waals surface area contributed by atoms with Gasteiger partial charge in [0.2, 0.25) is 10.0 Å². The molecule has 6 nitrogen and oxygen atoms in total. The van der Waals surface area contributed by atoms with E-state index in [-0.39, 0.29) is 11.9 Å². The number of nitrogens with one attached hydrogen (secondary N) is 1. The Labute approximate surface area is 202 Å². The van der Waals surface area contributed by atoms with Crippen LogP contribution in [-0.4, -0.2) is 33.7 Å². The van der Waals surface area contributed by atoms with Crippen LogP contribution in [0.15, 0.2) is 72.8 Å². The highest BCUT2D eigenvalue weighted by Gasteiger charge is 2.25. The van der Waals surface area contributed by atoms with Gasteiger partial charge in [0, 0.05) is 7.05 Å². The van der Waals surface area contributed by atoms with Crippen molar-refractivity contribution in [3.05, 3.63) is 95.1 Å². The highest BCUT2D eigenvalue weighted by molar-refractivity contribution is 7.92. The fourth-order valence-corrected chi connectivity index (χ4v) is 4.29. The molecule has 0 aliphatic carbocycles. The SMILES string of the molecule is CC[C@H](Oc1ccc(N(C)S(C)(=O)=O)cc1)C(=O)N[C@H](c1ccccc1)c1ccc(C)cc1C. The van der Waals surface area contributed by atoms with E-state index < -0.39 is 16.1 Å². The summed E-state index contributed by atoms with van der Waals surface area (Å²) in [5.41, 5.74) is 4.82. The minimum atomic E-state index is -3.35. The zero-order valence-corrected chi connectivity index (χ0v) is 21.1. The summed E-state index contributed by atoms with van der Waals surface area (Å²) in [6.07, 6.45) is 0.925. The highest BCUT2D eigenvalue weighted by atomic mass is 32.2. The van der Waals surface area contributed by atoms with Gasteiger partial charge in [-0.25, -0.2) is 8.42 Å². The van der Waals surface area contributed by atoms with Crippen molar-refractivity contribution < 1.29 is 17.9 Å². The van der Waals surface area contributed by atoms with Gasteiger partial charge in [0.1, 0.15) is 5.75 Å². The second kappa shape index (κ2) is 10.7. The van der Waals surface area contributed by atoms with Gasteiger partial charge in [0.25, 0.3) is 5.91 Å². The second-order valence-corrected chi connectivity index (χ2v) is 10.5. The summed E-state index contributed by atoms with van der Waals surface area (Å²) in [7, 11) is -1.86. The van der Waals surface area contributed by atoms with Gasteiger partial charge < -0.3 is 10.1 Å². The van der Waals surface area contributed by atoms with E-state index in [0.717, 1.165) is 22.9 Å². The molecule has 0 bridgehead atoms. The second-order valence-electron chi connectivity index (χ2n) is 8.45. The predicted molar refractivity (Wildman–Crippen MR) is 137 cm³/mol. The van der Waals surface area contributed by atoms with Crippen LogP contribution >= 0.6 is 0 Å². The molecule has 180 valence electrons. The number of hydrogen-bond acceptors (Lipinski definition) is 4. The van der Waals surface area contributed by atoms with Gasteiger partial charge in [-0.2, -0.15) is 0 Å². The molecule has 0 aliphatic heterocycles. The molecule has 0 spiro atoms. The van der Waals surface area contributed by atoms with Crippen LogP contribution in [0.3, 0.4) is 0 Å². The molecule has 3 rings (SSSR count). The first-order valence-corrected chi connectivity index (χ1v) is 13.1. The Hall–Kier alpha value is -3.32. The molecule has 0 fully saturated rings. The van der Waals surface area contributed by atoms with Crippen molar-refractivity contribution in [3.8, 4) is 5.75 Å². The van der Waals surface area contributed by atoms with Gasteiger partial charge in [-0.05, 0) is 61.2 Å². The number of anilines is 1. The van der Waals surface area contributed by atoms with E-state index in [2.05, 4.69) is 17.4 Å². The molecule has 2 atom stereocenters. The smallest absolute Gasteiger partial charge is 0.261 e. The maximum absolute atomic E-state index is 13.3. The van der Waals surface area contributed by atoms with Gasteiger partial charge >= 0.3 is 0 Å². The number of aryl methyl sites for hydroxylation is 2. The maximum atomic E-state index is 13.3. The topological polar surface area (TPSA) is 75.7 Å². The van der Waals surface area contributed by atoms with Crippen LogP contribution < -0.4 is 14.4 Å². The number of sulfonamides is 1. The molecular formula is C27H32N2O4S. The summed E-state index contributed by atoms with van der Waals surface area (Å²) in [6.45, 7) is 5.99. The first kappa shape index (κ1) is 25.3. The highest BCUT2D eigenvalue weighted by Crippen LogP contribution is 2.27. The van der Waals surface area contributed by atoms with E-state index >= 15 is 0 Å². The molecule has 0 aromatic heterocycles. The minimum absolute atomic E-state index is 0.214. The Bertz CT molecular complexity index is 1230. The number of benzene rings is 3. The number of amides is 1. The fourth-order valence-electron chi connectivity index (χ4n) is 3.78. The fraction of sp³-hybridized carbons (Fsp3) is 0.296. The number of rotatable bonds is 9. The molecule has 7 heteroatoms. The van der Waals surface area contributed by atoms with Crippen LogP contribution in [-0.2, 0) is 14.8 Å². The Kier molecular flexibility index (Phi) is 7.99. The van der Waals surface area contributed by atoms with Gasteiger partial charge in [-0.1, -0.05) is 61.0 Å². The van der Waals surface area contributed by atoms with Gasteiger partial charge in [-0.15, -0.1) is 0 Å². The van der Waals surface area contributed by atoms with E-state index in [1.54, 1.807) is 24.3 Å². The van der Waals surface area contributed by atoms with Crippen molar-refractivity contribution in [2.45, 2.75) is 39.3 Å². The van der Waals surface area contributed by atoms with Crippen molar-refractivity contribution >= 4 is 21.6 Å². The summed E-state index contributed by atoms with van der Waals surface area (Å²) in [4.78, 5) is 13.3. The van der Waals surface area contributed by atoms with Crippen LogP contribution in [0.25, 0.3) is 0 Å². The van der Waals surface area contributed by atoms with Gasteiger partial charge in [0.15, 0.2) is 6.10 Å². The molecule has 1 amide bonds. The number of carbonyl (C=O) groups is 1. The molecule has 3 aromatic rings. The number of ether oxygens (including phenoxy) is 1. The lowest BCUT2D eigenvalue weighted by atomic mass is 9.93. The molecule has 1 N–H and O–H groups in total. The molecule has 34 heavy (non-hydrogen) atoms. The molecule has 0 saturated carbocycles. The van der Waals surface area contributed by atoms with Crippen LogP contribution in [0.2, 0.25) is 0 Å². The third-order valence-electron chi connectivity index (χ3n) is 5.80. The van der Waals surface area contributed by atoms with Crippen LogP contribution in [0.1, 0.15) is 41.6 Å². The lowest BCUT2D eigenvalue weighted by Crippen LogP contribution is -2.40. The predicted octanol–water partition coefficient (Wildman–Crippen LogP) is 4.76. The van der Waals surface area contributed by atoms with Crippen LogP contribution in [0.5, 0.6) is 5.75 Å². The zero-order chi connectivity index (χ0) is 24.9. The number of nitrogens with zero attached hydrogens (tertiary/aromatic N) is 1. The summed E-state index contributed by atoms with van der Waals surface area (Å²) in [6, 6.07) is 22.4. The van der Waals surface area contributed by atoms with E-state index in [9.17, 15) is 13.2 Å². The molecule has 0 radical (unpaired) electrons. The van der Waals surface area contributed by atoms with Crippen molar-refractivity contribution in [2.24, 2.45) is 0 Å². The summed E-state index contributed by atoms with van der Waals surface area (Å²) in [5.74, 6) is 0.282. The Morgan fingerprint density at radius 2 is 1.65 bits per heavy atom. The molecule has 0 saturated heterocycles. The average molecular weight is 481 g/mol. The van der Waals surface area contributed by atoms with Crippen molar-refractivity contribution in [3.63, 3.8) is 0 Å². The van der Waals surface area contributed by atoms with E-state index in [1.807, 2.05) is 57.2 Å². The lowest BCUT2D eigenvalue weighted by molar-refractivity contribution is -0.128. The molecular weight excluding hydrogens is 448 g/mol. The third-order valence-corrected chi connectivity index (χ3v) is 7.00. The number of carbonyl (C=O) groups excluding carboxylic acids is 1. The lowest BCUT2D eigenvalue weighted by Gasteiger charge is -2.25. The monoisotopic (exact) mass is 480 g/mol. The summed E-state index contributed by atoms with van der Waals surface area (Å²) < 4.78 is 30.7. The minimum Gasteiger partial charge on any atom is -0.481 e. The van der Waals surface area contributed by atoms with Gasteiger partial charge in [-0.3, -0.25) is 9.10 Å². The molecule has 0 unspecified atom stereocenters. The van der Waals surface area contributed by atoms with Crippen molar-refractivity contribution in [1.82, 2.24) is 5.32 Å². The van der Waals surface area contributed by atoms with E-state index in [0.29, 0.717) is 17.9 Å². The Morgan fingerprint density at radius 3 is 2.21 bits per heavy atom. The molecule has 0 heterocycles. The molecule has 0 aliphatic rings. The van der Waals surface area contributed by atoms with Gasteiger partial charge in [0.05, 0.1) is 18.0 Å².